The van der Waals surface area contributed by atoms with Gasteiger partial charge in [-0.15, -0.1) is 0 Å². The molecule has 2 aliphatic heterocycles. The number of hydrogen-bond donors (Lipinski definition) is 1. The summed E-state index contributed by atoms with van der Waals surface area (Å²) in [5.74, 6) is -0.881. The number of ether oxygens (including phenoxy) is 3. The molecule has 6 heteroatoms. The molecule has 1 aromatic rings. The van der Waals surface area contributed by atoms with Crippen molar-refractivity contribution in [1.29, 1.82) is 0 Å². The zero-order valence-electron chi connectivity index (χ0n) is 12.1. The normalized spacial score (nSPS) is 29.8. The van der Waals surface area contributed by atoms with E-state index in [1.54, 1.807) is 20.1 Å². The maximum atomic E-state index is 12.3. The van der Waals surface area contributed by atoms with E-state index < -0.39 is 17.6 Å². The number of piperidine rings is 1. The Kier molecular flexibility index (Phi) is 3.04. The Morgan fingerprint density at radius 1 is 1.43 bits per heavy atom. The first-order chi connectivity index (χ1) is 9.99. The first-order valence-corrected chi connectivity index (χ1v) is 6.75. The number of amides is 1. The van der Waals surface area contributed by atoms with E-state index in [1.807, 2.05) is 12.1 Å². The molecular weight excluding hydrogens is 274 g/mol. The van der Waals surface area contributed by atoms with E-state index in [9.17, 15) is 9.59 Å². The average molecular weight is 291 g/mol. The van der Waals surface area contributed by atoms with Gasteiger partial charge in [-0.3, -0.25) is 9.59 Å². The summed E-state index contributed by atoms with van der Waals surface area (Å²) in [6.07, 6.45) is 0.513. The number of hydrogen-bond acceptors (Lipinski definition) is 5. The van der Waals surface area contributed by atoms with Crippen LogP contribution in [0.4, 0.5) is 0 Å². The maximum Gasteiger partial charge on any atom is 0.318 e. The number of para-hydroxylation sites is 1. The van der Waals surface area contributed by atoms with Crippen LogP contribution in [0.1, 0.15) is 24.8 Å². The van der Waals surface area contributed by atoms with E-state index in [-0.39, 0.29) is 11.8 Å². The summed E-state index contributed by atoms with van der Waals surface area (Å²) in [4.78, 5) is 24.2. The molecule has 21 heavy (non-hydrogen) atoms. The van der Waals surface area contributed by atoms with Gasteiger partial charge in [0, 0.05) is 17.9 Å². The summed E-state index contributed by atoms with van der Waals surface area (Å²) in [6, 6.07) is 5.47. The predicted molar refractivity (Wildman–Crippen MR) is 73.0 cm³/mol. The van der Waals surface area contributed by atoms with E-state index in [0.717, 1.165) is 5.56 Å². The summed E-state index contributed by atoms with van der Waals surface area (Å²) in [5.41, 5.74) is -0.0365. The Balaban J connectivity index is 2.14. The van der Waals surface area contributed by atoms with Gasteiger partial charge in [0.2, 0.25) is 5.91 Å². The van der Waals surface area contributed by atoms with Crippen LogP contribution in [-0.2, 0) is 14.3 Å². The smallest absolute Gasteiger partial charge is 0.318 e. The number of esters is 1. The van der Waals surface area contributed by atoms with E-state index in [2.05, 4.69) is 5.32 Å². The second-order valence-corrected chi connectivity index (χ2v) is 5.51. The Labute approximate surface area is 122 Å². The van der Waals surface area contributed by atoms with Crippen LogP contribution in [0.5, 0.6) is 11.5 Å². The van der Waals surface area contributed by atoms with Gasteiger partial charge in [0.15, 0.2) is 17.2 Å². The van der Waals surface area contributed by atoms with Crippen LogP contribution < -0.4 is 14.8 Å². The van der Waals surface area contributed by atoms with Crippen LogP contribution in [0.3, 0.4) is 0 Å². The van der Waals surface area contributed by atoms with Crippen LogP contribution in [0.25, 0.3) is 0 Å². The van der Waals surface area contributed by atoms with E-state index in [0.29, 0.717) is 17.9 Å². The standard InChI is InChI=1S/C15H17NO5/c1-15-7-9(11(13(17)16-15)14(18)20-3)8-5-4-6-10(19-2)12(8)21-15/h4-6,9,11H,7H2,1-3H3,(H,16,17)/t9-,11-,15+/m1/s1. The van der Waals surface area contributed by atoms with Crippen LogP contribution in [0.15, 0.2) is 18.2 Å². The Morgan fingerprint density at radius 3 is 2.86 bits per heavy atom. The van der Waals surface area contributed by atoms with Gasteiger partial charge in [0.25, 0.3) is 0 Å². The summed E-state index contributed by atoms with van der Waals surface area (Å²) < 4.78 is 16.0. The van der Waals surface area contributed by atoms with E-state index in [1.165, 1.54) is 7.11 Å². The van der Waals surface area contributed by atoms with Gasteiger partial charge in [0.05, 0.1) is 14.2 Å². The lowest BCUT2D eigenvalue weighted by molar-refractivity contribution is -0.158. The van der Waals surface area contributed by atoms with Gasteiger partial charge in [-0.25, -0.2) is 0 Å². The molecule has 0 radical (unpaired) electrons. The number of carbonyl (C=O) groups excluding carboxylic acids is 2. The summed E-state index contributed by atoms with van der Waals surface area (Å²) in [5, 5.41) is 2.76. The molecule has 1 aromatic carbocycles. The first-order valence-electron chi connectivity index (χ1n) is 6.75. The minimum atomic E-state index is -0.863. The van der Waals surface area contributed by atoms with Crippen molar-refractivity contribution in [3.05, 3.63) is 23.8 Å². The first kappa shape index (κ1) is 13.7. The van der Waals surface area contributed by atoms with Gasteiger partial charge >= 0.3 is 5.97 Å². The van der Waals surface area contributed by atoms with Crippen LogP contribution in [-0.4, -0.2) is 31.8 Å². The van der Waals surface area contributed by atoms with Crippen LogP contribution in [0.2, 0.25) is 0 Å². The van der Waals surface area contributed by atoms with Crippen molar-refractivity contribution in [2.75, 3.05) is 14.2 Å². The fourth-order valence-corrected chi connectivity index (χ4v) is 3.18. The monoisotopic (exact) mass is 291 g/mol. The Morgan fingerprint density at radius 2 is 2.19 bits per heavy atom. The third kappa shape index (κ3) is 2.02. The van der Waals surface area contributed by atoms with E-state index >= 15 is 0 Å². The molecule has 2 bridgehead atoms. The molecule has 1 saturated heterocycles. The average Bonchev–Trinajstić information content (AvgIpc) is 2.45. The van der Waals surface area contributed by atoms with Crippen LogP contribution in [0, 0.1) is 5.92 Å². The lowest BCUT2D eigenvalue weighted by Gasteiger charge is -2.46. The predicted octanol–water partition coefficient (Wildman–Crippen LogP) is 1.20. The third-order valence-corrected chi connectivity index (χ3v) is 4.09. The van der Waals surface area contributed by atoms with E-state index in [4.69, 9.17) is 14.2 Å². The number of rotatable bonds is 2. The van der Waals surface area contributed by atoms with Crippen molar-refractivity contribution in [2.24, 2.45) is 5.92 Å². The summed E-state index contributed by atoms with van der Waals surface area (Å²) in [7, 11) is 2.84. The van der Waals surface area contributed by atoms with Gasteiger partial charge in [-0.2, -0.15) is 0 Å². The highest BCUT2D eigenvalue weighted by Crippen LogP contribution is 2.50. The number of benzene rings is 1. The second-order valence-electron chi connectivity index (χ2n) is 5.51. The fourth-order valence-electron chi connectivity index (χ4n) is 3.18. The zero-order valence-corrected chi connectivity index (χ0v) is 12.1. The molecule has 0 spiro atoms. The third-order valence-electron chi connectivity index (χ3n) is 4.09. The molecule has 6 nitrogen and oxygen atoms in total. The molecule has 0 aliphatic carbocycles. The molecule has 0 unspecified atom stereocenters. The molecule has 0 saturated carbocycles. The number of methoxy groups -OCH3 is 2. The van der Waals surface area contributed by atoms with Gasteiger partial charge in [-0.1, -0.05) is 12.1 Å². The quantitative estimate of drug-likeness (QED) is 0.654. The minimum Gasteiger partial charge on any atom is -0.493 e. The second kappa shape index (κ2) is 4.65. The fraction of sp³-hybridized carbons (Fsp3) is 0.467. The van der Waals surface area contributed by atoms with Crippen molar-refractivity contribution >= 4 is 11.9 Å². The molecular formula is C15H17NO5. The highest BCUT2D eigenvalue weighted by Gasteiger charge is 2.52. The molecule has 112 valence electrons. The van der Waals surface area contributed by atoms with Gasteiger partial charge < -0.3 is 19.5 Å². The molecule has 3 rings (SSSR count). The SMILES string of the molecule is COC(=O)[C@H]1C(=O)N[C@]2(C)C[C@@H]1c1cccc(OC)c1O2. The molecule has 2 heterocycles. The van der Waals surface area contributed by atoms with Gasteiger partial charge in [0.1, 0.15) is 5.92 Å². The van der Waals surface area contributed by atoms with Gasteiger partial charge in [-0.05, 0) is 13.0 Å². The van der Waals surface area contributed by atoms with Crippen molar-refractivity contribution in [3.8, 4) is 11.5 Å². The largest absolute Gasteiger partial charge is 0.493 e. The number of carbonyl (C=O) groups is 2. The van der Waals surface area contributed by atoms with Crippen molar-refractivity contribution in [1.82, 2.24) is 5.32 Å². The zero-order chi connectivity index (χ0) is 15.2. The summed E-state index contributed by atoms with van der Waals surface area (Å²) >= 11 is 0. The topological polar surface area (TPSA) is 73.9 Å². The molecule has 1 N–H and O–H groups in total. The lowest BCUT2D eigenvalue weighted by atomic mass is 9.74. The lowest BCUT2D eigenvalue weighted by Crippen LogP contribution is -2.62. The molecule has 2 aliphatic rings. The molecule has 0 aromatic heterocycles. The Bertz CT molecular complexity index is 614. The summed E-state index contributed by atoms with van der Waals surface area (Å²) in [6.45, 7) is 1.79. The molecule has 1 amide bonds. The molecule has 3 atom stereocenters. The van der Waals surface area contributed by atoms with Crippen molar-refractivity contribution in [3.63, 3.8) is 0 Å². The van der Waals surface area contributed by atoms with Crippen molar-refractivity contribution in [2.45, 2.75) is 25.0 Å². The molecule has 1 fully saturated rings. The number of nitrogens with one attached hydrogen (secondary N) is 1. The maximum absolute atomic E-state index is 12.3. The highest BCUT2D eigenvalue weighted by molar-refractivity contribution is 6.00. The Hall–Kier alpha value is -2.24. The highest BCUT2D eigenvalue weighted by atomic mass is 16.5. The van der Waals surface area contributed by atoms with Crippen LogP contribution >= 0.6 is 0 Å². The number of fused-ring (bicyclic) bond motifs is 4. The minimum absolute atomic E-state index is 0.282. The van der Waals surface area contributed by atoms with Crippen molar-refractivity contribution < 1.29 is 23.8 Å².